The van der Waals surface area contributed by atoms with Gasteiger partial charge in [-0.15, -0.1) is 0 Å². The van der Waals surface area contributed by atoms with Gasteiger partial charge in [0.15, 0.2) is 0 Å². The maximum Gasteiger partial charge on any atom is 0.283 e. The van der Waals surface area contributed by atoms with Crippen LogP contribution in [0.4, 0.5) is 0 Å². The van der Waals surface area contributed by atoms with Crippen molar-refractivity contribution in [3.63, 3.8) is 0 Å². The highest BCUT2D eigenvalue weighted by Crippen LogP contribution is 2.24. The third kappa shape index (κ3) is 4.01. The van der Waals surface area contributed by atoms with E-state index < -0.39 is 6.23 Å². The first kappa shape index (κ1) is 22.3. The van der Waals surface area contributed by atoms with Crippen LogP contribution < -0.4 is 16.1 Å². The second kappa shape index (κ2) is 9.11. The van der Waals surface area contributed by atoms with E-state index in [2.05, 4.69) is 0 Å². The van der Waals surface area contributed by atoms with E-state index in [1.807, 2.05) is 77.2 Å². The lowest BCUT2D eigenvalue weighted by Gasteiger charge is -2.35. The standard InChI is InChI=1S/C27H28N4O3S/c1-18-25-22(15-24(32)29(18)16-20-11-13-34-14-12-20)30(17-19-7-3-2-4-8-19)31(26(25)33)27-28-21-9-5-6-10-23(21)35-27/h2-10,15,20,24,32H,11-14,16-17H2,1H3. The molecule has 2 aromatic heterocycles. The summed E-state index contributed by atoms with van der Waals surface area (Å²) < 4.78 is 10.2. The third-order valence-electron chi connectivity index (χ3n) is 7.04. The van der Waals surface area contributed by atoms with Crippen molar-refractivity contribution >= 4 is 33.3 Å². The Morgan fingerprint density at radius 3 is 2.60 bits per heavy atom. The molecule has 6 rings (SSSR count). The van der Waals surface area contributed by atoms with Gasteiger partial charge in [-0.25, -0.2) is 4.98 Å². The quantitative estimate of drug-likeness (QED) is 0.467. The summed E-state index contributed by atoms with van der Waals surface area (Å²) in [6.45, 7) is 4.65. The highest BCUT2D eigenvalue weighted by molar-refractivity contribution is 7.20. The molecule has 1 unspecified atom stereocenters. The van der Waals surface area contributed by atoms with Crippen molar-refractivity contribution in [2.45, 2.75) is 32.5 Å². The topological polar surface area (TPSA) is 72.5 Å². The average molecular weight is 489 g/mol. The number of nitrogens with zero attached hydrogens (tertiary/aromatic N) is 4. The maximum atomic E-state index is 14.0. The number of ether oxygens (including phenoxy) is 1. The summed E-state index contributed by atoms with van der Waals surface area (Å²) in [4.78, 5) is 20.8. The molecule has 0 bridgehead atoms. The molecule has 8 heteroatoms. The van der Waals surface area contributed by atoms with Crippen LogP contribution in [0.25, 0.3) is 27.1 Å². The summed E-state index contributed by atoms with van der Waals surface area (Å²) in [5.74, 6) is 0.432. The van der Waals surface area contributed by atoms with Crippen molar-refractivity contribution in [3.05, 3.63) is 81.1 Å². The van der Waals surface area contributed by atoms with E-state index >= 15 is 0 Å². The third-order valence-corrected chi connectivity index (χ3v) is 8.05. The molecule has 0 saturated carbocycles. The smallest absolute Gasteiger partial charge is 0.283 e. The SMILES string of the molecule is CC1=c2c(n(Cc3ccccc3)n(-c3nc4ccccc4s3)c2=O)=CC(O)N1CC1CCOCC1. The van der Waals surface area contributed by atoms with Crippen LogP contribution in [0.2, 0.25) is 0 Å². The van der Waals surface area contributed by atoms with Crippen LogP contribution in [0.1, 0.15) is 25.3 Å². The molecule has 4 heterocycles. The molecule has 1 atom stereocenters. The zero-order valence-electron chi connectivity index (χ0n) is 19.6. The number of aliphatic hydroxyl groups is 1. The molecule has 1 N–H and O–H groups in total. The predicted molar refractivity (Wildman–Crippen MR) is 138 cm³/mol. The molecule has 2 aliphatic rings. The normalized spacial score (nSPS) is 18.6. The van der Waals surface area contributed by atoms with E-state index in [0.29, 0.717) is 29.4 Å². The fourth-order valence-electron chi connectivity index (χ4n) is 5.15. The molecule has 1 saturated heterocycles. The molecule has 0 amide bonds. The van der Waals surface area contributed by atoms with Gasteiger partial charge in [0.25, 0.3) is 5.56 Å². The van der Waals surface area contributed by atoms with Gasteiger partial charge < -0.3 is 14.7 Å². The van der Waals surface area contributed by atoms with Crippen LogP contribution in [-0.2, 0) is 11.3 Å². The number of aliphatic hydroxyl groups excluding tert-OH is 1. The van der Waals surface area contributed by atoms with Crippen LogP contribution >= 0.6 is 11.3 Å². The van der Waals surface area contributed by atoms with Gasteiger partial charge in [0.1, 0.15) is 6.23 Å². The lowest BCUT2D eigenvalue weighted by molar-refractivity contribution is 0.0343. The van der Waals surface area contributed by atoms with Crippen molar-refractivity contribution in [1.29, 1.82) is 0 Å². The van der Waals surface area contributed by atoms with Crippen molar-refractivity contribution < 1.29 is 9.84 Å². The first-order valence-corrected chi connectivity index (χ1v) is 12.9. The molecule has 2 aromatic carbocycles. The van der Waals surface area contributed by atoms with Crippen LogP contribution in [0.15, 0.2) is 59.4 Å². The van der Waals surface area contributed by atoms with Crippen molar-refractivity contribution in [2.75, 3.05) is 19.8 Å². The molecule has 1 fully saturated rings. The number of para-hydroxylation sites is 1. The molecule has 0 radical (unpaired) electrons. The molecule has 0 aliphatic carbocycles. The number of aromatic nitrogens is 3. The summed E-state index contributed by atoms with van der Waals surface area (Å²) in [5, 5.41) is 13.2. The number of hydrogen-bond donors (Lipinski definition) is 1. The lowest BCUT2D eigenvalue weighted by Crippen LogP contribution is -2.50. The molecular formula is C27H28N4O3S. The Labute approximate surface area is 206 Å². The second-order valence-corrected chi connectivity index (χ2v) is 10.3. The summed E-state index contributed by atoms with van der Waals surface area (Å²) >= 11 is 1.50. The Morgan fingerprint density at radius 1 is 1.09 bits per heavy atom. The minimum Gasteiger partial charge on any atom is -0.381 e. The van der Waals surface area contributed by atoms with Crippen LogP contribution in [0.3, 0.4) is 0 Å². The first-order valence-electron chi connectivity index (χ1n) is 12.1. The van der Waals surface area contributed by atoms with Gasteiger partial charge in [0, 0.05) is 25.5 Å². The molecular weight excluding hydrogens is 460 g/mol. The van der Waals surface area contributed by atoms with Gasteiger partial charge in [-0.1, -0.05) is 53.8 Å². The van der Waals surface area contributed by atoms with Crippen molar-refractivity contribution in [2.24, 2.45) is 5.92 Å². The minimum atomic E-state index is -0.794. The number of rotatable bonds is 5. The van der Waals surface area contributed by atoms with Gasteiger partial charge in [-0.3, -0.25) is 9.48 Å². The highest BCUT2D eigenvalue weighted by Gasteiger charge is 2.28. The Balaban J connectivity index is 1.54. The Morgan fingerprint density at radius 2 is 1.83 bits per heavy atom. The van der Waals surface area contributed by atoms with Crippen LogP contribution in [-0.4, -0.2) is 50.3 Å². The van der Waals surface area contributed by atoms with E-state index in [1.54, 1.807) is 4.68 Å². The monoisotopic (exact) mass is 488 g/mol. The van der Waals surface area contributed by atoms with Crippen molar-refractivity contribution in [1.82, 2.24) is 19.2 Å². The molecule has 0 spiro atoms. The highest BCUT2D eigenvalue weighted by atomic mass is 32.1. The summed E-state index contributed by atoms with van der Waals surface area (Å²) in [6.07, 6.45) is 2.95. The lowest BCUT2D eigenvalue weighted by atomic mass is 9.98. The minimum absolute atomic E-state index is 0.104. The average Bonchev–Trinajstić information content (AvgIpc) is 3.41. The Kier molecular flexibility index (Phi) is 5.80. The zero-order valence-corrected chi connectivity index (χ0v) is 20.4. The zero-order chi connectivity index (χ0) is 23.9. The van der Waals surface area contributed by atoms with Gasteiger partial charge in [0.2, 0.25) is 5.13 Å². The largest absolute Gasteiger partial charge is 0.381 e. The van der Waals surface area contributed by atoms with Gasteiger partial charge in [0.05, 0.1) is 27.3 Å². The predicted octanol–water partition coefficient (Wildman–Crippen LogP) is 2.27. The summed E-state index contributed by atoms with van der Waals surface area (Å²) in [6, 6.07) is 18.0. The van der Waals surface area contributed by atoms with Crippen LogP contribution in [0.5, 0.6) is 0 Å². The summed E-state index contributed by atoms with van der Waals surface area (Å²) in [5.41, 5.74) is 2.65. The van der Waals surface area contributed by atoms with Gasteiger partial charge in [-0.2, -0.15) is 4.68 Å². The van der Waals surface area contributed by atoms with Gasteiger partial charge in [-0.05, 0) is 49.5 Å². The maximum absolute atomic E-state index is 14.0. The fraction of sp³-hybridized carbons (Fsp3) is 0.333. The molecule has 35 heavy (non-hydrogen) atoms. The molecule has 4 aromatic rings. The molecule has 7 nitrogen and oxygen atoms in total. The van der Waals surface area contributed by atoms with E-state index in [9.17, 15) is 9.90 Å². The van der Waals surface area contributed by atoms with E-state index in [0.717, 1.165) is 52.9 Å². The van der Waals surface area contributed by atoms with E-state index in [4.69, 9.17) is 9.72 Å². The molecule has 2 aliphatic heterocycles. The Hall–Kier alpha value is -3.20. The number of hydrogen-bond acceptors (Lipinski definition) is 6. The second-order valence-electron chi connectivity index (χ2n) is 9.26. The first-order chi connectivity index (χ1) is 17.1. The number of fused-ring (bicyclic) bond motifs is 2. The molecule has 180 valence electrons. The van der Waals surface area contributed by atoms with E-state index in [-0.39, 0.29) is 5.56 Å². The summed E-state index contributed by atoms with van der Waals surface area (Å²) in [7, 11) is 0. The van der Waals surface area contributed by atoms with E-state index in [1.165, 1.54) is 11.3 Å². The fourth-order valence-corrected chi connectivity index (χ4v) is 6.12. The van der Waals surface area contributed by atoms with Crippen LogP contribution in [0, 0.1) is 5.92 Å². The number of thiazole rings is 1. The Bertz CT molecular complexity index is 1510. The number of benzene rings is 2. The van der Waals surface area contributed by atoms with Gasteiger partial charge >= 0.3 is 0 Å². The van der Waals surface area contributed by atoms with Crippen molar-refractivity contribution in [3.8, 4) is 5.13 Å².